The third kappa shape index (κ3) is 3.62. The predicted octanol–water partition coefficient (Wildman–Crippen LogP) is 1.69. The summed E-state index contributed by atoms with van der Waals surface area (Å²) in [6.07, 6.45) is 0.225. The summed E-state index contributed by atoms with van der Waals surface area (Å²) in [6.45, 7) is 5.40. The normalized spacial score (nSPS) is 26.2. The zero-order valence-electron chi connectivity index (χ0n) is 15.7. The monoisotopic (exact) mass is 362 g/mol. The Hall–Kier alpha value is -2.28. The second-order valence-corrected chi connectivity index (χ2v) is 6.94. The highest BCUT2D eigenvalue weighted by atomic mass is 16.5. The minimum Gasteiger partial charge on any atom is -0.497 e. The quantitative estimate of drug-likeness (QED) is 0.815. The summed E-state index contributed by atoms with van der Waals surface area (Å²) in [5.74, 6) is 0.810. The van der Waals surface area contributed by atoms with E-state index in [2.05, 4.69) is 0 Å². The molecule has 2 heterocycles. The molecule has 1 aromatic carbocycles. The van der Waals surface area contributed by atoms with E-state index in [9.17, 15) is 9.59 Å². The molecule has 0 saturated carbocycles. The number of hydrogen-bond donors (Lipinski definition) is 0. The first-order valence-corrected chi connectivity index (χ1v) is 8.89. The van der Waals surface area contributed by atoms with Gasteiger partial charge in [-0.3, -0.25) is 9.59 Å². The number of methoxy groups -OCH3 is 2. The van der Waals surface area contributed by atoms with Crippen LogP contribution in [0, 0.1) is 5.92 Å². The van der Waals surface area contributed by atoms with Gasteiger partial charge in [-0.2, -0.15) is 0 Å². The van der Waals surface area contributed by atoms with Crippen LogP contribution in [0.3, 0.4) is 0 Å². The molecule has 0 bridgehead atoms. The van der Waals surface area contributed by atoms with Crippen LogP contribution in [-0.4, -0.2) is 62.8 Å². The van der Waals surface area contributed by atoms with Crippen molar-refractivity contribution in [3.63, 3.8) is 0 Å². The molecular formula is C19H26N2O5. The standard InChI is InChI=1S/C19H26N2O5/c1-12-9-20(10-13(2)26-12)19(23)14-7-18(22)21(11-14)16-8-15(24-3)5-6-17(16)25-4/h5-6,8,12-14H,7,9-11H2,1-4H3/t12-,13-,14+/m0/s1. The van der Waals surface area contributed by atoms with Crippen LogP contribution < -0.4 is 14.4 Å². The van der Waals surface area contributed by atoms with Gasteiger partial charge in [0.25, 0.3) is 0 Å². The van der Waals surface area contributed by atoms with Gasteiger partial charge in [-0.1, -0.05) is 0 Å². The molecule has 0 unspecified atom stereocenters. The van der Waals surface area contributed by atoms with Crippen LogP contribution >= 0.6 is 0 Å². The molecule has 7 heteroatoms. The fourth-order valence-corrected chi connectivity index (χ4v) is 3.73. The molecule has 0 spiro atoms. The van der Waals surface area contributed by atoms with Crippen molar-refractivity contribution >= 4 is 17.5 Å². The number of benzene rings is 1. The zero-order chi connectivity index (χ0) is 18.8. The Labute approximate surface area is 153 Å². The lowest BCUT2D eigenvalue weighted by atomic mass is 10.1. The van der Waals surface area contributed by atoms with Gasteiger partial charge < -0.3 is 24.0 Å². The highest BCUT2D eigenvalue weighted by Crippen LogP contribution is 2.36. The van der Waals surface area contributed by atoms with Crippen LogP contribution in [0.25, 0.3) is 0 Å². The fraction of sp³-hybridized carbons (Fsp3) is 0.579. The van der Waals surface area contributed by atoms with Crippen LogP contribution in [0.15, 0.2) is 18.2 Å². The first-order valence-electron chi connectivity index (χ1n) is 8.89. The number of morpholine rings is 1. The molecule has 3 rings (SSSR count). The number of carbonyl (C=O) groups is 2. The molecule has 7 nitrogen and oxygen atoms in total. The lowest BCUT2D eigenvalue weighted by Gasteiger charge is -2.36. The molecule has 3 atom stereocenters. The van der Waals surface area contributed by atoms with Gasteiger partial charge >= 0.3 is 0 Å². The Morgan fingerprint density at radius 2 is 1.81 bits per heavy atom. The molecular weight excluding hydrogens is 336 g/mol. The van der Waals surface area contributed by atoms with E-state index in [0.29, 0.717) is 36.8 Å². The van der Waals surface area contributed by atoms with Crippen molar-refractivity contribution in [2.45, 2.75) is 32.5 Å². The summed E-state index contributed by atoms with van der Waals surface area (Å²) in [6, 6.07) is 5.31. The summed E-state index contributed by atoms with van der Waals surface area (Å²) in [5, 5.41) is 0. The number of rotatable bonds is 4. The van der Waals surface area contributed by atoms with E-state index >= 15 is 0 Å². The Morgan fingerprint density at radius 1 is 1.12 bits per heavy atom. The van der Waals surface area contributed by atoms with E-state index in [1.165, 1.54) is 0 Å². The van der Waals surface area contributed by atoms with Crippen LogP contribution in [0.1, 0.15) is 20.3 Å². The Morgan fingerprint density at radius 3 is 2.42 bits per heavy atom. The van der Waals surface area contributed by atoms with Gasteiger partial charge in [0, 0.05) is 32.1 Å². The molecule has 0 radical (unpaired) electrons. The fourth-order valence-electron chi connectivity index (χ4n) is 3.73. The smallest absolute Gasteiger partial charge is 0.228 e. The maximum atomic E-state index is 12.9. The minimum absolute atomic E-state index is 0.00869. The van der Waals surface area contributed by atoms with E-state index in [1.807, 2.05) is 18.7 Å². The molecule has 2 amide bonds. The highest BCUT2D eigenvalue weighted by Gasteiger charge is 2.39. The second-order valence-electron chi connectivity index (χ2n) is 6.94. The van der Waals surface area contributed by atoms with Crippen molar-refractivity contribution in [3.05, 3.63) is 18.2 Å². The summed E-state index contributed by atoms with van der Waals surface area (Å²) >= 11 is 0. The number of hydrogen-bond acceptors (Lipinski definition) is 5. The maximum Gasteiger partial charge on any atom is 0.228 e. The van der Waals surface area contributed by atoms with Gasteiger partial charge in [0.15, 0.2) is 0 Å². The number of nitrogens with zero attached hydrogens (tertiary/aromatic N) is 2. The van der Waals surface area contributed by atoms with Gasteiger partial charge in [-0.25, -0.2) is 0 Å². The van der Waals surface area contributed by atoms with Crippen molar-refractivity contribution in [2.24, 2.45) is 5.92 Å². The maximum absolute atomic E-state index is 12.9. The predicted molar refractivity (Wildman–Crippen MR) is 96.6 cm³/mol. The van der Waals surface area contributed by atoms with E-state index in [-0.39, 0.29) is 36.4 Å². The Balaban J connectivity index is 1.77. The summed E-state index contributed by atoms with van der Waals surface area (Å²) < 4.78 is 16.3. The lowest BCUT2D eigenvalue weighted by Crippen LogP contribution is -2.50. The molecule has 2 aliphatic rings. The summed E-state index contributed by atoms with van der Waals surface area (Å²) in [5.41, 5.74) is 0.635. The molecule has 2 aliphatic heterocycles. The van der Waals surface area contributed by atoms with Crippen molar-refractivity contribution < 1.29 is 23.8 Å². The van der Waals surface area contributed by atoms with Gasteiger partial charge in [0.1, 0.15) is 11.5 Å². The molecule has 0 aromatic heterocycles. The van der Waals surface area contributed by atoms with Crippen LogP contribution in [0.2, 0.25) is 0 Å². The SMILES string of the molecule is COc1ccc(OC)c(N2C[C@H](C(=O)N3C[C@H](C)O[C@@H](C)C3)CC2=O)c1. The minimum atomic E-state index is -0.351. The molecule has 0 aliphatic carbocycles. The molecule has 2 fully saturated rings. The highest BCUT2D eigenvalue weighted by molar-refractivity contribution is 6.01. The van der Waals surface area contributed by atoms with Gasteiger partial charge in [0.2, 0.25) is 11.8 Å². The average molecular weight is 362 g/mol. The Kier molecular flexibility index (Phi) is 5.36. The first-order chi connectivity index (χ1) is 12.4. The molecule has 1 aromatic rings. The van der Waals surface area contributed by atoms with E-state index in [0.717, 1.165) is 0 Å². The van der Waals surface area contributed by atoms with Gasteiger partial charge in [-0.05, 0) is 26.0 Å². The zero-order valence-corrected chi connectivity index (χ0v) is 15.7. The largest absolute Gasteiger partial charge is 0.497 e. The molecule has 142 valence electrons. The molecule has 26 heavy (non-hydrogen) atoms. The van der Waals surface area contributed by atoms with E-state index in [4.69, 9.17) is 14.2 Å². The lowest BCUT2D eigenvalue weighted by molar-refractivity contribution is -0.147. The van der Waals surface area contributed by atoms with Gasteiger partial charge in [-0.15, -0.1) is 0 Å². The van der Waals surface area contributed by atoms with E-state index in [1.54, 1.807) is 37.3 Å². The van der Waals surface area contributed by atoms with E-state index < -0.39 is 0 Å². The van der Waals surface area contributed by atoms with Crippen molar-refractivity contribution in [2.75, 3.05) is 38.8 Å². The molecule has 2 saturated heterocycles. The number of anilines is 1. The average Bonchev–Trinajstić information content (AvgIpc) is 3.01. The van der Waals surface area contributed by atoms with Crippen molar-refractivity contribution in [3.8, 4) is 11.5 Å². The van der Waals surface area contributed by atoms with Crippen LogP contribution in [0.5, 0.6) is 11.5 Å². The van der Waals surface area contributed by atoms with Crippen LogP contribution in [0.4, 0.5) is 5.69 Å². The summed E-state index contributed by atoms with van der Waals surface area (Å²) in [7, 11) is 3.13. The third-order valence-electron chi connectivity index (χ3n) is 4.88. The Bertz CT molecular complexity index is 683. The van der Waals surface area contributed by atoms with Crippen LogP contribution in [-0.2, 0) is 14.3 Å². The number of ether oxygens (including phenoxy) is 3. The first kappa shape index (κ1) is 18.5. The second kappa shape index (κ2) is 7.53. The topological polar surface area (TPSA) is 68.3 Å². The number of carbonyl (C=O) groups excluding carboxylic acids is 2. The van der Waals surface area contributed by atoms with Gasteiger partial charge in [0.05, 0.1) is 38.0 Å². The number of amides is 2. The van der Waals surface area contributed by atoms with Crippen molar-refractivity contribution in [1.82, 2.24) is 4.90 Å². The molecule has 0 N–H and O–H groups in total. The summed E-state index contributed by atoms with van der Waals surface area (Å²) in [4.78, 5) is 29.0. The van der Waals surface area contributed by atoms with Crippen molar-refractivity contribution in [1.29, 1.82) is 0 Å². The third-order valence-corrected chi connectivity index (χ3v) is 4.88.